The predicted octanol–water partition coefficient (Wildman–Crippen LogP) is 4.43. The number of aryl methyl sites for hydroxylation is 1. The molecule has 0 aliphatic carbocycles. The normalized spacial score (nSPS) is 10.3. The minimum Gasteiger partial charge on any atom is -0.369 e. The minimum atomic E-state index is 0.626. The minimum absolute atomic E-state index is 0.626. The molecule has 132 valence electrons. The SMILES string of the molecule is CCc1ccc(Nc2ncnc(NCCc3ccccc3)c2C=N)cc1. The molecule has 0 aliphatic heterocycles. The molecular formula is C21H23N5. The first-order chi connectivity index (χ1) is 12.8. The van der Waals surface area contributed by atoms with Gasteiger partial charge in [0.2, 0.25) is 0 Å². The number of nitrogens with one attached hydrogen (secondary N) is 3. The molecule has 0 fully saturated rings. The molecule has 0 amide bonds. The van der Waals surface area contributed by atoms with Crippen LogP contribution in [0.25, 0.3) is 0 Å². The third-order valence-electron chi connectivity index (χ3n) is 4.20. The number of anilines is 3. The molecule has 5 heteroatoms. The molecule has 5 nitrogen and oxygen atoms in total. The van der Waals surface area contributed by atoms with Crippen molar-refractivity contribution in [3.63, 3.8) is 0 Å². The molecule has 1 aromatic heterocycles. The Balaban J connectivity index is 1.70. The number of nitrogens with zero attached hydrogens (tertiary/aromatic N) is 2. The van der Waals surface area contributed by atoms with Gasteiger partial charge in [0, 0.05) is 18.4 Å². The van der Waals surface area contributed by atoms with E-state index >= 15 is 0 Å². The number of rotatable bonds is 8. The van der Waals surface area contributed by atoms with Gasteiger partial charge in [0.1, 0.15) is 18.0 Å². The van der Waals surface area contributed by atoms with Crippen molar-refractivity contribution in [2.75, 3.05) is 17.2 Å². The summed E-state index contributed by atoms with van der Waals surface area (Å²) in [5.74, 6) is 1.29. The summed E-state index contributed by atoms with van der Waals surface area (Å²) in [5, 5.41) is 14.4. The van der Waals surface area contributed by atoms with E-state index in [1.165, 1.54) is 23.7 Å². The first kappa shape index (κ1) is 17.6. The van der Waals surface area contributed by atoms with Crippen LogP contribution in [-0.2, 0) is 12.8 Å². The van der Waals surface area contributed by atoms with Crippen molar-refractivity contribution in [2.24, 2.45) is 0 Å². The smallest absolute Gasteiger partial charge is 0.144 e. The van der Waals surface area contributed by atoms with Crippen LogP contribution in [0.4, 0.5) is 17.3 Å². The molecule has 0 radical (unpaired) electrons. The van der Waals surface area contributed by atoms with E-state index in [0.717, 1.165) is 25.1 Å². The number of aromatic nitrogens is 2. The highest BCUT2D eigenvalue weighted by atomic mass is 15.1. The molecule has 1 heterocycles. The summed E-state index contributed by atoms with van der Waals surface area (Å²) in [7, 11) is 0. The van der Waals surface area contributed by atoms with Crippen LogP contribution < -0.4 is 10.6 Å². The zero-order valence-electron chi connectivity index (χ0n) is 14.9. The maximum atomic E-state index is 7.77. The van der Waals surface area contributed by atoms with Gasteiger partial charge in [-0.3, -0.25) is 0 Å². The lowest BCUT2D eigenvalue weighted by atomic mass is 10.1. The maximum absolute atomic E-state index is 7.77. The lowest BCUT2D eigenvalue weighted by Crippen LogP contribution is -2.11. The Morgan fingerprint density at radius 1 is 0.923 bits per heavy atom. The van der Waals surface area contributed by atoms with Crippen LogP contribution in [0.2, 0.25) is 0 Å². The second-order valence-corrected chi connectivity index (χ2v) is 5.97. The van der Waals surface area contributed by atoms with Crippen molar-refractivity contribution in [3.05, 3.63) is 77.6 Å². The Morgan fingerprint density at radius 2 is 1.65 bits per heavy atom. The van der Waals surface area contributed by atoms with E-state index in [1.54, 1.807) is 0 Å². The van der Waals surface area contributed by atoms with Crippen LogP contribution in [-0.4, -0.2) is 22.7 Å². The number of benzene rings is 2. The van der Waals surface area contributed by atoms with Crippen molar-refractivity contribution in [3.8, 4) is 0 Å². The maximum Gasteiger partial charge on any atom is 0.144 e. The largest absolute Gasteiger partial charge is 0.369 e. The zero-order valence-corrected chi connectivity index (χ0v) is 14.9. The fourth-order valence-electron chi connectivity index (χ4n) is 2.70. The molecule has 0 atom stereocenters. The summed E-state index contributed by atoms with van der Waals surface area (Å²) in [6, 6.07) is 18.5. The third-order valence-corrected chi connectivity index (χ3v) is 4.20. The van der Waals surface area contributed by atoms with Crippen LogP contribution in [0.3, 0.4) is 0 Å². The van der Waals surface area contributed by atoms with E-state index in [2.05, 4.69) is 51.8 Å². The van der Waals surface area contributed by atoms with Gasteiger partial charge in [-0.2, -0.15) is 0 Å². The molecule has 0 bridgehead atoms. The van der Waals surface area contributed by atoms with Gasteiger partial charge in [0.25, 0.3) is 0 Å². The van der Waals surface area contributed by atoms with Crippen LogP contribution in [0, 0.1) is 5.41 Å². The van der Waals surface area contributed by atoms with Crippen molar-refractivity contribution in [1.82, 2.24) is 9.97 Å². The van der Waals surface area contributed by atoms with Crippen LogP contribution in [0.15, 0.2) is 60.9 Å². The van der Waals surface area contributed by atoms with Gasteiger partial charge in [0.05, 0.1) is 5.56 Å². The lowest BCUT2D eigenvalue weighted by molar-refractivity contribution is 0.998. The van der Waals surface area contributed by atoms with E-state index in [1.807, 2.05) is 30.3 Å². The molecule has 26 heavy (non-hydrogen) atoms. The van der Waals surface area contributed by atoms with E-state index in [4.69, 9.17) is 5.41 Å². The molecule has 0 unspecified atom stereocenters. The van der Waals surface area contributed by atoms with Gasteiger partial charge >= 0.3 is 0 Å². The Morgan fingerprint density at radius 3 is 2.35 bits per heavy atom. The first-order valence-electron chi connectivity index (χ1n) is 8.79. The van der Waals surface area contributed by atoms with Gasteiger partial charge in [-0.1, -0.05) is 49.4 Å². The third kappa shape index (κ3) is 4.45. The second kappa shape index (κ2) is 8.76. The highest BCUT2D eigenvalue weighted by Gasteiger charge is 2.09. The summed E-state index contributed by atoms with van der Waals surface area (Å²) >= 11 is 0. The van der Waals surface area contributed by atoms with E-state index in [0.29, 0.717) is 17.2 Å². The fourth-order valence-corrected chi connectivity index (χ4v) is 2.70. The highest BCUT2D eigenvalue weighted by molar-refractivity contribution is 5.91. The average molecular weight is 345 g/mol. The van der Waals surface area contributed by atoms with Crippen LogP contribution >= 0.6 is 0 Å². The Bertz CT molecular complexity index is 844. The second-order valence-electron chi connectivity index (χ2n) is 5.97. The van der Waals surface area contributed by atoms with Crippen LogP contribution in [0.5, 0.6) is 0 Å². The molecule has 0 spiro atoms. The molecule has 3 N–H and O–H groups in total. The molecule has 0 saturated carbocycles. The van der Waals surface area contributed by atoms with Crippen molar-refractivity contribution >= 4 is 23.5 Å². The standard InChI is InChI=1S/C21H23N5/c1-2-16-8-10-18(11-9-16)26-21-19(14-22)20(24-15-25-21)23-13-12-17-6-4-3-5-7-17/h3-11,14-15,22H,2,12-13H2,1H3,(H2,23,24,25,26). The Hall–Kier alpha value is -3.21. The summed E-state index contributed by atoms with van der Waals surface area (Å²) in [6.45, 7) is 2.87. The Kier molecular flexibility index (Phi) is 5.93. The molecule has 3 rings (SSSR count). The van der Waals surface area contributed by atoms with E-state index < -0.39 is 0 Å². The fraction of sp³-hybridized carbons (Fsp3) is 0.190. The van der Waals surface area contributed by atoms with Gasteiger partial charge < -0.3 is 16.0 Å². The topological polar surface area (TPSA) is 73.7 Å². The summed E-state index contributed by atoms with van der Waals surface area (Å²) in [5.41, 5.74) is 4.15. The molecule has 0 aliphatic rings. The molecular weight excluding hydrogens is 322 g/mol. The zero-order chi connectivity index (χ0) is 18.2. The summed E-state index contributed by atoms with van der Waals surface area (Å²) in [6.07, 6.45) is 4.70. The lowest BCUT2D eigenvalue weighted by Gasteiger charge is -2.13. The predicted molar refractivity (Wildman–Crippen MR) is 108 cm³/mol. The van der Waals surface area contributed by atoms with Gasteiger partial charge in [-0.25, -0.2) is 9.97 Å². The summed E-state index contributed by atoms with van der Waals surface area (Å²) in [4.78, 5) is 8.60. The highest BCUT2D eigenvalue weighted by Crippen LogP contribution is 2.22. The van der Waals surface area contributed by atoms with Gasteiger partial charge in [-0.05, 0) is 36.1 Å². The van der Waals surface area contributed by atoms with Crippen molar-refractivity contribution in [2.45, 2.75) is 19.8 Å². The summed E-state index contributed by atoms with van der Waals surface area (Å²) < 4.78 is 0. The number of hydrogen-bond donors (Lipinski definition) is 3. The molecule has 2 aromatic carbocycles. The van der Waals surface area contributed by atoms with E-state index in [-0.39, 0.29) is 0 Å². The van der Waals surface area contributed by atoms with Crippen molar-refractivity contribution < 1.29 is 0 Å². The average Bonchev–Trinajstić information content (AvgIpc) is 2.69. The Labute approximate surface area is 154 Å². The van der Waals surface area contributed by atoms with Gasteiger partial charge in [-0.15, -0.1) is 0 Å². The van der Waals surface area contributed by atoms with Crippen LogP contribution in [0.1, 0.15) is 23.6 Å². The van der Waals surface area contributed by atoms with E-state index in [9.17, 15) is 0 Å². The first-order valence-corrected chi connectivity index (χ1v) is 8.79. The number of hydrogen-bond acceptors (Lipinski definition) is 5. The van der Waals surface area contributed by atoms with Crippen molar-refractivity contribution in [1.29, 1.82) is 5.41 Å². The molecule has 3 aromatic rings. The van der Waals surface area contributed by atoms with Gasteiger partial charge in [0.15, 0.2) is 0 Å². The quantitative estimate of drug-likeness (QED) is 0.528. The monoisotopic (exact) mass is 345 g/mol. The molecule has 0 saturated heterocycles.